The van der Waals surface area contributed by atoms with Crippen LogP contribution in [0.1, 0.15) is 49.4 Å². The second-order valence-corrected chi connectivity index (χ2v) is 6.46. The fourth-order valence-electron chi connectivity index (χ4n) is 2.89. The average Bonchev–Trinajstić information content (AvgIpc) is 2.39. The second-order valence-electron chi connectivity index (χ2n) is 5.61. The predicted octanol–water partition coefficient (Wildman–Crippen LogP) is 4.67. The van der Waals surface area contributed by atoms with E-state index in [-0.39, 0.29) is 5.78 Å². The molecule has 2 nitrogen and oxygen atoms in total. The Labute approximate surface area is 124 Å². The number of hydrogen-bond donors (Lipinski definition) is 0. The van der Waals surface area contributed by atoms with Crippen molar-refractivity contribution in [1.82, 2.24) is 0 Å². The standard InChI is InChI=1S/C16H22BrNO/c1-12(19)14-8-9-16(15(17)10-14)18(2)11-13-6-4-3-5-7-13/h8-10,13H,3-7,11H2,1-2H3. The lowest BCUT2D eigenvalue weighted by Gasteiger charge is -2.29. The fourth-order valence-corrected chi connectivity index (χ4v) is 3.57. The third-order valence-corrected chi connectivity index (χ3v) is 4.66. The molecule has 0 spiro atoms. The van der Waals surface area contributed by atoms with Crippen LogP contribution in [0.25, 0.3) is 0 Å². The number of Topliss-reactive ketones (excluding diaryl/α,β-unsaturated/α-hetero) is 1. The molecule has 0 bridgehead atoms. The summed E-state index contributed by atoms with van der Waals surface area (Å²) in [5.74, 6) is 0.931. The Kier molecular flexibility index (Phi) is 5.03. The Morgan fingerprint density at radius 3 is 2.58 bits per heavy atom. The molecule has 0 N–H and O–H groups in total. The smallest absolute Gasteiger partial charge is 0.159 e. The molecule has 0 aromatic heterocycles. The zero-order chi connectivity index (χ0) is 13.8. The molecule has 1 aromatic rings. The quantitative estimate of drug-likeness (QED) is 0.750. The molecule has 1 aromatic carbocycles. The molecule has 0 saturated heterocycles. The molecule has 1 fully saturated rings. The molecule has 1 aliphatic rings. The zero-order valence-corrected chi connectivity index (χ0v) is 13.4. The Balaban J connectivity index is 2.05. The van der Waals surface area contributed by atoms with Gasteiger partial charge in [0.05, 0.1) is 5.69 Å². The SMILES string of the molecule is CC(=O)c1ccc(N(C)CC2CCCCC2)c(Br)c1. The third kappa shape index (κ3) is 3.82. The van der Waals surface area contributed by atoms with Crippen LogP contribution in [-0.2, 0) is 0 Å². The lowest BCUT2D eigenvalue weighted by Crippen LogP contribution is -2.27. The van der Waals surface area contributed by atoms with E-state index >= 15 is 0 Å². The number of halogens is 1. The highest BCUT2D eigenvalue weighted by molar-refractivity contribution is 9.10. The van der Waals surface area contributed by atoms with Gasteiger partial charge < -0.3 is 4.90 Å². The lowest BCUT2D eigenvalue weighted by molar-refractivity contribution is 0.101. The first-order chi connectivity index (χ1) is 9.08. The van der Waals surface area contributed by atoms with Crippen molar-refractivity contribution >= 4 is 27.4 Å². The number of anilines is 1. The van der Waals surface area contributed by atoms with Crippen molar-refractivity contribution in [3.63, 3.8) is 0 Å². The van der Waals surface area contributed by atoms with E-state index in [1.165, 1.54) is 37.8 Å². The van der Waals surface area contributed by atoms with Gasteiger partial charge in [0.1, 0.15) is 0 Å². The van der Waals surface area contributed by atoms with Crippen LogP contribution in [0.4, 0.5) is 5.69 Å². The monoisotopic (exact) mass is 323 g/mol. The summed E-state index contributed by atoms with van der Waals surface area (Å²) in [6, 6.07) is 5.89. The van der Waals surface area contributed by atoms with E-state index in [4.69, 9.17) is 0 Å². The van der Waals surface area contributed by atoms with Crippen molar-refractivity contribution < 1.29 is 4.79 Å². The summed E-state index contributed by atoms with van der Waals surface area (Å²) in [7, 11) is 2.14. The molecule has 3 heteroatoms. The van der Waals surface area contributed by atoms with Crippen LogP contribution < -0.4 is 4.90 Å². The van der Waals surface area contributed by atoms with Gasteiger partial charge in [-0.3, -0.25) is 4.79 Å². The van der Waals surface area contributed by atoms with Gasteiger partial charge in [0.25, 0.3) is 0 Å². The summed E-state index contributed by atoms with van der Waals surface area (Å²) in [6.45, 7) is 2.71. The number of nitrogens with zero attached hydrogens (tertiary/aromatic N) is 1. The Bertz CT molecular complexity index is 452. The number of carbonyl (C=O) groups excluding carboxylic acids is 1. The number of ketones is 1. The minimum absolute atomic E-state index is 0.113. The van der Waals surface area contributed by atoms with Gasteiger partial charge >= 0.3 is 0 Å². The summed E-state index contributed by atoms with van der Waals surface area (Å²) in [5.41, 5.74) is 1.94. The van der Waals surface area contributed by atoms with Gasteiger partial charge in [0, 0.05) is 23.6 Å². The van der Waals surface area contributed by atoms with E-state index in [1.807, 2.05) is 18.2 Å². The Hall–Kier alpha value is -0.830. The summed E-state index contributed by atoms with van der Waals surface area (Å²) in [6.07, 6.45) is 6.87. The highest BCUT2D eigenvalue weighted by Gasteiger charge is 2.17. The van der Waals surface area contributed by atoms with Gasteiger partial charge in [-0.05, 0) is 59.8 Å². The second kappa shape index (κ2) is 6.56. The first kappa shape index (κ1) is 14.6. The fraction of sp³-hybridized carbons (Fsp3) is 0.562. The highest BCUT2D eigenvalue weighted by Crippen LogP contribution is 2.30. The lowest BCUT2D eigenvalue weighted by atomic mass is 9.89. The van der Waals surface area contributed by atoms with Crippen LogP contribution in [0.3, 0.4) is 0 Å². The molecule has 0 radical (unpaired) electrons. The molecular formula is C16H22BrNO. The molecule has 1 saturated carbocycles. The predicted molar refractivity (Wildman–Crippen MR) is 84.0 cm³/mol. The third-order valence-electron chi connectivity index (χ3n) is 4.02. The van der Waals surface area contributed by atoms with Crippen molar-refractivity contribution in [3.8, 4) is 0 Å². The molecule has 0 amide bonds. The first-order valence-corrected chi connectivity index (χ1v) is 7.89. The number of rotatable bonds is 4. The van der Waals surface area contributed by atoms with Crippen LogP contribution in [0.2, 0.25) is 0 Å². The average molecular weight is 324 g/mol. The largest absolute Gasteiger partial charge is 0.373 e. The van der Waals surface area contributed by atoms with Crippen LogP contribution in [0.15, 0.2) is 22.7 Å². The van der Waals surface area contributed by atoms with Crippen LogP contribution in [0, 0.1) is 5.92 Å². The highest BCUT2D eigenvalue weighted by atomic mass is 79.9. The van der Waals surface area contributed by atoms with Crippen molar-refractivity contribution in [1.29, 1.82) is 0 Å². The molecule has 2 rings (SSSR count). The molecular weight excluding hydrogens is 302 g/mol. The van der Waals surface area contributed by atoms with E-state index in [0.717, 1.165) is 22.5 Å². The minimum Gasteiger partial charge on any atom is -0.373 e. The zero-order valence-electron chi connectivity index (χ0n) is 11.8. The van der Waals surface area contributed by atoms with E-state index in [9.17, 15) is 4.79 Å². The van der Waals surface area contributed by atoms with Crippen molar-refractivity contribution in [2.24, 2.45) is 5.92 Å². The summed E-state index contributed by atoms with van der Waals surface area (Å²) >= 11 is 3.59. The Morgan fingerprint density at radius 2 is 2.00 bits per heavy atom. The van der Waals surface area contributed by atoms with Crippen molar-refractivity contribution in [3.05, 3.63) is 28.2 Å². The molecule has 0 atom stereocenters. The van der Waals surface area contributed by atoms with Crippen LogP contribution >= 0.6 is 15.9 Å². The maximum absolute atomic E-state index is 11.4. The van der Waals surface area contributed by atoms with Gasteiger partial charge in [-0.1, -0.05) is 19.3 Å². The van der Waals surface area contributed by atoms with Gasteiger partial charge in [-0.25, -0.2) is 0 Å². The molecule has 0 heterocycles. The molecule has 19 heavy (non-hydrogen) atoms. The molecule has 104 valence electrons. The topological polar surface area (TPSA) is 20.3 Å². The van der Waals surface area contributed by atoms with Gasteiger partial charge in [0.2, 0.25) is 0 Å². The van der Waals surface area contributed by atoms with Gasteiger partial charge in [-0.2, -0.15) is 0 Å². The van der Waals surface area contributed by atoms with Crippen molar-refractivity contribution in [2.45, 2.75) is 39.0 Å². The number of benzene rings is 1. The summed E-state index contributed by atoms with van der Waals surface area (Å²) < 4.78 is 1.01. The molecule has 0 aliphatic heterocycles. The van der Waals surface area contributed by atoms with Gasteiger partial charge in [0.15, 0.2) is 5.78 Å². The first-order valence-electron chi connectivity index (χ1n) is 7.09. The van der Waals surface area contributed by atoms with E-state index in [2.05, 4.69) is 27.9 Å². The minimum atomic E-state index is 0.113. The van der Waals surface area contributed by atoms with Crippen LogP contribution in [-0.4, -0.2) is 19.4 Å². The van der Waals surface area contributed by atoms with Crippen LogP contribution in [0.5, 0.6) is 0 Å². The van der Waals surface area contributed by atoms with E-state index < -0.39 is 0 Å². The van der Waals surface area contributed by atoms with E-state index in [1.54, 1.807) is 6.92 Å². The molecule has 0 unspecified atom stereocenters. The maximum Gasteiger partial charge on any atom is 0.159 e. The van der Waals surface area contributed by atoms with Gasteiger partial charge in [-0.15, -0.1) is 0 Å². The maximum atomic E-state index is 11.4. The summed E-state index contributed by atoms with van der Waals surface area (Å²) in [5, 5.41) is 0. The summed E-state index contributed by atoms with van der Waals surface area (Å²) in [4.78, 5) is 13.7. The Morgan fingerprint density at radius 1 is 1.32 bits per heavy atom. The molecule has 1 aliphatic carbocycles. The normalized spacial score (nSPS) is 16.4. The van der Waals surface area contributed by atoms with E-state index in [0.29, 0.717) is 0 Å². The number of carbonyl (C=O) groups is 1. The van der Waals surface area contributed by atoms with Crippen molar-refractivity contribution in [2.75, 3.05) is 18.5 Å². The number of hydrogen-bond acceptors (Lipinski definition) is 2.